The molecule has 0 aliphatic rings. The minimum atomic E-state index is -0.452. The number of methoxy groups -OCH3 is 1. The first-order valence-electron chi connectivity index (χ1n) is 7.67. The average Bonchev–Trinajstić information content (AvgIpc) is 2.66. The van der Waals surface area contributed by atoms with Crippen molar-refractivity contribution in [3.63, 3.8) is 0 Å². The summed E-state index contributed by atoms with van der Waals surface area (Å²) in [5.41, 5.74) is 0.415. The van der Waals surface area contributed by atoms with Gasteiger partial charge in [0.25, 0.3) is 5.56 Å². The van der Waals surface area contributed by atoms with E-state index in [0.717, 1.165) is 10.5 Å². The number of halogens is 1. The van der Waals surface area contributed by atoms with E-state index in [1.165, 1.54) is 34.6 Å². The predicted octanol–water partition coefficient (Wildman–Crippen LogP) is 3.46. The Morgan fingerprint density at radius 1 is 1.19 bits per heavy atom. The summed E-state index contributed by atoms with van der Waals surface area (Å²) in [6.07, 6.45) is 0. The number of ether oxygens (including phenoxy) is 1. The Balaban J connectivity index is 1.92. The molecule has 3 aromatic rings. The summed E-state index contributed by atoms with van der Waals surface area (Å²) in [5.74, 6) is 0.386. The average molecular weight is 367 g/mol. The van der Waals surface area contributed by atoms with Gasteiger partial charge in [0, 0.05) is 4.90 Å². The monoisotopic (exact) mass is 367 g/mol. The van der Waals surface area contributed by atoms with Gasteiger partial charge in [0.2, 0.25) is 0 Å². The van der Waals surface area contributed by atoms with E-state index in [0.29, 0.717) is 10.8 Å². The second-order valence-corrected chi connectivity index (χ2v) is 6.47. The summed E-state index contributed by atoms with van der Waals surface area (Å²) < 4.78 is 19.4. The van der Waals surface area contributed by atoms with E-state index >= 15 is 0 Å². The molecule has 0 aliphatic carbocycles. The molecule has 0 unspecified atom stereocenters. The molecule has 0 spiro atoms. The summed E-state index contributed by atoms with van der Waals surface area (Å²) in [5, 5.41) is 14.1. The Morgan fingerprint density at radius 3 is 2.50 bits per heavy atom. The van der Waals surface area contributed by atoms with Crippen molar-refractivity contribution in [2.75, 3.05) is 7.11 Å². The fraction of sp³-hybridized carbons (Fsp3) is 0.105. The third kappa shape index (κ3) is 4.10. The molecule has 0 aliphatic heterocycles. The van der Waals surface area contributed by atoms with Gasteiger partial charge in [-0.3, -0.25) is 4.79 Å². The van der Waals surface area contributed by atoms with Gasteiger partial charge in [-0.25, -0.2) is 9.07 Å². The molecule has 130 valence electrons. The first-order valence-corrected chi connectivity index (χ1v) is 8.49. The van der Waals surface area contributed by atoms with E-state index in [1.54, 1.807) is 31.4 Å². The van der Waals surface area contributed by atoms with Gasteiger partial charge in [-0.1, -0.05) is 23.9 Å². The first kappa shape index (κ1) is 17.7. The molecule has 0 saturated carbocycles. The number of aromatic nitrogens is 2. The molecule has 2 aromatic carbocycles. The molecule has 0 bridgehead atoms. The summed E-state index contributed by atoms with van der Waals surface area (Å²) in [4.78, 5) is 13.1. The standard InChI is InChI=1S/C19H14FN3O2S/c1-25-16-6-2-13(3-7-16)12-23-19(24)14(11-21)10-18(22-23)26-17-8-4-15(20)5-9-17/h2-10H,12H2,1H3. The maximum absolute atomic E-state index is 13.0. The van der Waals surface area contributed by atoms with Crippen molar-refractivity contribution in [3.8, 4) is 11.8 Å². The number of hydrogen-bond acceptors (Lipinski definition) is 5. The largest absolute Gasteiger partial charge is 0.497 e. The Kier molecular flexibility index (Phi) is 5.34. The van der Waals surface area contributed by atoms with Crippen LogP contribution in [-0.2, 0) is 6.54 Å². The summed E-state index contributed by atoms with van der Waals surface area (Å²) in [6, 6.07) is 16.5. The van der Waals surface area contributed by atoms with Crippen LogP contribution in [0.4, 0.5) is 4.39 Å². The molecule has 3 rings (SSSR count). The molecule has 0 saturated heterocycles. The SMILES string of the molecule is COc1ccc(Cn2nc(Sc3ccc(F)cc3)cc(C#N)c2=O)cc1. The number of hydrogen-bond donors (Lipinski definition) is 0. The smallest absolute Gasteiger partial charge is 0.285 e. The Bertz CT molecular complexity index is 1010. The molecule has 7 heteroatoms. The van der Waals surface area contributed by atoms with Crippen LogP contribution >= 0.6 is 11.8 Å². The lowest BCUT2D eigenvalue weighted by atomic mass is 10.2. The van der Waals surface area contributed by atoms with Crippen LogP contribution in [0.2, 0.25) is 0 Å². The van der Waals surface area contributed by atoms with Crippen LogP contribution in [-0.4, -0.2) is 16.9 Å². The molecule has 0 radical (unpaired) electrons. The Hall–Kier alpha value is -3.11. The van der Waals surface area contributed by atoms with Gasteiger partial charge in [0.1, 0.15) is 28.2 Å². The van der Waals surface area contributed by atoms with Gasteiger partial charge >= 0.3 is 0 Å². The van der Waals surface area contributed by atoms with E-state index in [2.05, 4.69) is 5.10 Å². The van der Waals surface area contributed by atoms with Crippen molar-refractivity contribution in [2.24, 2.45) is 0 Å². The number of benzene rings is 2. The lowest BCUT2D eigenvalue weighted by Gasteiger charge is -2.09. The highest BCUT2D eigenvalue weighted by Crippen LogP contribution is 2.25. The molecule has 26 heavy (non-hydrogen) atoms. The molecular weight excluding hydrogens is 353 g/mol. The van der Waals surface area contributed by atoms with Gasteiger partial charge in [-0.15, -0.1) is 0 Å². The van der Waals surface area contributed by atoms with E-state index in [1.807, 2.05) is 18.2 Å². The van der Waals surface area contributed by atoms with Crippen LogP contribution in [0.3, 0.4) is 0 Å². The fourth-order valence-corrected chi connectivity index (χ4v) is 3.11. The molecular formula is C19H14FN3O2S. The lowest BCUT2D eigenvalue weighted by Crippen LogP contribution is -2.26. The Morgan fingerprint density at radius 2 is 1.88 bits per heavy atom. The minimum Gasteiger partial charge on any atom is -0.497 e. The van der Waals surface area contributed by atoms with E-state index < -0.39 is 5.56 Å². The van der Waals surface area contributed by atoms with Gasteiger partial charge in [-0.05, 0) is 48.0 Å². The van der Waals surface area contributed by atoms with Crippen molar-refractivity contribution in [2.45, 2.75) is 16.5 Å². The maximum atomic E-state index is 13.0. The second-order valence-electron chi connectivity index (χ2n) is 5.37. The normalized spacial score (nSPS) is 10.3. The molecule has 0 atom stereocenters. The van der Waals surface area contributed by atoms with Crippen molar-refractivity contribution in [3.05, 3.63) is 81.9 Å². The van der Waals surface area contributed by atoms with Gasteiger partial charge in [0.05, 0.1) is 13.7 Å². The fourth-order valence-electron chi connectivity index (χ4n) is 2.28. The number of rotatable bonds is 5. The third-order valence-corrected chi connectivity index (χ3v) is 4.52. The van der Waals surface area contributed by atoms with Crippen molar-refractivity contribution in [1.82, 2.24) is 9.78 Å². The van der Waals surface area contributed by atoms with Gasteiger partial charge in [0.15, 0.2) is 0 Å². The summed E-state index contributed by atoms with van der Waals surface area (Å²) in [6.45, 7) is 0.231. The maximum Gasteiger partial charge on any atom is 0.285 e. The molecule has 1 aromatic heterocycles. The van der Waals surface area contributed by atoms with E-state index in [4.69, 9.17) is 4.74 Å². The zero-order valence-corrected chi connectivity index (χ0v) is 14.7. The number of nitriles is 1. The molecule has 0 fully saturated rings. The van der Waals surface area contributed by atoms with E-state index in [9.17, 15) is 14.4 Å². The van der Waals surface area contributed by atoms with Crippen LogP contribution < -0.4 is 10.3 Å². The predicted molar refractivity (Wildman–Crippen MR) is 95.8 cm³/mol. The lowest BCUT2D eigenvalue weighted by molar-refractivity contribution is 0.414. The highest BCUT2D eigenvalue weighted by molar-refractivity contribution is 7.99. The van der Waals surface area contributed by atoms with Gasteiger partial charge < -0.3 is 4.74 Å². The highest BCUT2D eigenvalue weighted by atomic mass is 32.2. The second kappa shape index (κ2) is 7.85. The van der Waals surface area contributed by atoms with Gasteiger partial charge in [-0.2, -0.15) is 10.4 Å². The third-order valence-electron chi connectivity index (χ3n) is 3.60. The summed E-state index contributed by atoms with van der Waals surface area (Å²) >= 11 is 1.26. The van der Waals surface area contributed by atoms with Crippen LogP contribution in [0.25, 0.3) is 0 Å². The summed E-state index contributed by atoms with van der Waals surface area (Å²) in [7, 11) is 1.58. The van der Waals surface area contributed by atoms with Crippen LogP contribution in [0.5, 0.6) is 5.75 Å². The van der Waals surface area contributed by atoms with Crippen molar-refractivity contribution >= 4 is 11.8 Å². The van der Waals surface area contributed by atoms with E-state index in [-0.39, 0.29) is 17.9 Å². The Labute approximate surface area is 153 Å². The zero-order chi connectivity index (χ0) is 18.5. The minimum absolute atomic E-state index is 0.0122. The van der Waals surface area contributed by atoms with Crippen LogP contribution in [0.1, 0.15) is 11.1 Å². The zero-order valence-electron chi connectivity index (χ0n) is 13.8. The molecule has 1 heterocycles. The highest BCUT2D eigenvalue weighted by Gasteiger charge is 2.10. The topological polar surface area (TPSA) is 67.9 Å². The molecule has 0 N–H and O–H groups in total. The molecule has 5 nitrogen and oxygen atoms in total. The van der Waals surface area contributed by atoms with Crippen molar-refractivity contribution in [1.29, 1.82) is 5.26 Å². The quantitative estimate of drug-likeness (QED) is 0.691. The van der Waals surface area contributed by atoms with Crippen LogP contribution in [0, 0.1) is 17.1 Å². The molecule has 0 amide bonds. The number of nitrogens with zero attached hydrogens (tertiary/aromatic N) is 3. The first-order chi connectivity index (χ1) is 12.6. The van der Waals surface area contributed by atoms with Crippen molar-refractivity contribution < 1.29 is 9.13 Å². The van der Waals surface area contributed by atoms with Crippen LogP contribution in [0.15, 0.2) is 69.3 Å².